The van der Waals surface area contributed by atoms with Gasteiger partial charge < -0.3 is 20.2 Å². The number of β-amino-alcohol motifs (C(OH)–C–C–N with tert-alkyl or cyclic N) is 1. The average Bonchev–Trinajstić information content (AvgIpc) is 3.08. The molecule has 1 aromatic carbocycles. The minimum Gasteiger partial charge on any atom is -0.508 e. The molecule has 0 unspecified atom stereocenters. The fourth-order valence-electron chi connectivity index (χ4n) is 2.51. The lowest BCUT2D eigenvalue weighted by atomic mass is 9.88. The van der Waals surface area contributed by atoms with Gasteiger partial charge in [-0.3, -0.25) is 4.79 Å². The largest absolute Gasteiger partial charge is 0.508 e. The van der Waals surface area contributed by atoms with Crippen molar-refractivity contribution in [3.05, 3.63) is 23.8 Å². The van der Waals surface area contributed by atoms with E-state index in [1.165, 1.54) is 17.0 Å². The van der Waals surface area contributed by atoms with E-state index in [0.29, 0.717) is 19.0 Å². The Morgan fingerprint density at radius 1 is 1.28 bits per heavy atom. The lowest BCUT2D eigenvalue weighted by Gasteiger charge is -2.47. The third-order valence-corrected chi connectivity index (χ3v) is 3.77. The molecule has 1 aliphatic carbocycles. The number of aliphatic hydroxyl groups is 1. The number of hydrogen-bond donors (Lipinski definition) is 3. The lowest BCUT2D eigenvalue weighted by Crippen LogP contribution is -2.64. The number of phenolic OH excluding ortho intramolecular Hbond substituents is 2. The number of phenols is 2. The van der Waals surface area contributed by atoms with Gasteiger partial charge in [0.25, 0.3) is 5.91 Å². The summed E-state index contributed by atoms with van der Waals surface area (Å²) in [5, 5.41) is 28.9. The Labute approximate surface area is 104 Å². The molecule has 5 heteroatoms. The van der Waals surface area contributed by atoms with E-state index >= 15 is 0 Å². The summed E-state index contributed by atoms with van der Waals surface area (Å²) in [6.07, 6.45) is 2.06. The third-order valence-electron chi connectivity index (χ3n) is 3.77. The number of amides is 1. The molecule has 2 aliphatic rings. The van der Waals surface area contributed by atoms with E-state index in [4.69, 9.17) is 5.11 Å². The number of benzene rings is 1. The van der Waals surface area contributed by atoms with Gasteiger partial charge in [-0.05, 0) is 30.9 Å². The highest BCUT2D eigenvalue weighted by Gasteiger charge is 2.53. The zero-order valence-electron chi connectivity index (χ0n) is 9.83. The summed E-state index contributed by atoms with van der Waals surface area (Å²) in [5.74, 6) is -0.295. The summed E-state index contributed by atoms with van der Waals surface area (Å²) in [7, 11) is 0. The molecule has 3 rings (SSSR count). The highest BCUT2D eigenvalue weighted by Crippen LogP contribution is 2.45. The van der Waals surface area contributed by atoms with Crippen molar-refractivity contribution in [1.82, 2.24) is 4.90 Å². The highest BCUT2D eigenvalue weighted by molar-refractivity contribution is 5.97. The van der Waals surface area contributed by atoms with Crippen LogP contribution in [0.25, 0.3) is 0 Å². The van der Waals surface area contributed by atoms with Crippen LogP contribution < -0.4 is 0 Å². The minimum atomic E-state index is -0.720. The zero-order chi connectivity index (χ0) is 12.9. The van der Waals surface area contributed by atoms with Crippen molar-refractivity contribution in [2.24, 2.45) is 5.92 Å². The van der Waals surface area contributed by atoms with Crippen LogP contribution >= 0.6 is 0 Å². The van der Waals surface area contributed by atoms with Crippen molar-refractivity contribution in [2.75, 3.05) is 13.1 Å². The fourth-order valence-corrected chi connectivity index (χ4v) is 2.51. The van der Waals surface area contributed by atoms with Gasteiger partial charge in [0.05, 0.1) is 18.7 Å². The molecule has 1 saturated heterocycles. The zero-order valence-corrected chi connectivity index (χ0v) is 9.83. The highest BCUT2D eigenvalue weighted by atomic mass is 16.3. The number of aromatic hydroxyl groups is 2. The molecule has 1 aromatic rings. The Bertz CT molecular complexity index is 504. The second-order valence-corrected chi connectivity index (χ2v) is 5.24. The molecule has 0 aromatic heterocycles. The van der Waals surface area contributed by atoms with Gasteiger partial charge in [-0.15, -0.1) is 0 Å². The van der Waals surface area contributed by atoms with E-state index in [2.05, 4.69) is 0 Å². The summed E-state index contributed by atoms with van der Waals surface area (Å²) in [6.45, 7) is 0.660. The quantitative estimate of drug-likeness (QED) is 0.720. The van der Waals surface area contributed by atoms with Gasteiger partial charge in [-0.2, -0.15) is 0 Å². The molecule has 5 nitrogen and oxygen atoms in total. The molecular formula is C13H15NO4. The van der Waals surface area contributed by atoms with Crippen molar-refractivity contribution < 1.29 is 20.1 Å². The van der Waals surface area contributed by atoms with Gasteiger partial charge in [0.2, 0.25) is 0 Å². The van der Waals surface area contributed by atoms with E-state index in [-0.39, 0.29) is 23.0 Å². The van der Waals surface area contributed by atoms with E-state index in [1.807, 2.05) is 0 Å². The Morgan fingerprint density at radius 2 is 1.94 bits per heavy atom. The monoisotopic (exact) mass is 249 g/mol. The number of hydrogen-bond acceptors (Lipinski definition) is 4. The number of likely N-dealkylation sites (tertiary alicyclic amines) is 1. The van der Waals surface area contributed by atoms with Crippen molar-refractivity contribution in [1.29, 1.82) is 0 Å². The molecule has 1 aliphatic heterocycles. The molecule has 0 radical (unpaired) electrons. The summed E-state index contributed by atoms with van der Waals surface area (Å²) in [4.78, 5) is 13.6. The lowest BCUT2D eigenvalue weighted by molar-refractivity contribution is -0.0958. The number of carbonyl (C=O) groups excluding carboxylic acids is 1. The molecule has 1 amide bonds. The van der Waals surface area contributed by atoms with E-state index in [0.717, 1.165) is 18.9 Å². The summed E-state index contributed by atoms with van der Waals surface area (Å²) >= 11 is 0. The molecular weight excluding hydrogens is 234 g/mol. The van der Waals surface area contributed by atoms with Crippen LogP contribution in [0.1, 0.15) is 23.2 Å². The van der Waals surface area contributed by atoms with Crippen LogP contribution in [0, 0.1) is 5.92 Å². The second-order valence-electron chi connectivity index (χ2n) is 5.24. The molecule has 1 saturated carbocycles. The van der Waals surface area contributed by atoms with Gasteiger partial charge in [-0.25, -0.2) is 0 Å². The SMILES string of the molecule is O=C(c1ccc(O)cc1O)N1CC(O)(C2CC2)C1. The van der Waals surface area contributed by atoms with Crippen LogP contribution in [0.4, 0.5) is 0 Å². The Morgan fingerprint density at radius 3 is 2.50 bits per heavy atom. The first-order valence-corrected chi connectivity index (χ1v) is 6.03. The molecule has 0 spiro atoms. The normalized spacial score (nSPS) is 21.5. The standard InChI is InChI=1S/C13H15NO4/c15-9-3-4-10(11(16)5-9)12(17)14-6-13(18,7-14)8-1-2-8/h3-5,8,15-16,18H,1-2,6-7H2. The van der Waals surface area contributed by atoms with Crippen LogP contribution in [0.3, 0.4) is 0 Å². The van der Waals surface area contributed by atoms with Crippen molar-refractivity contribution >= 4 is 5.91 Å². The molecule has 1 heterocycles. The molecule has 2 fully saturated rings. The Balaban J connectivity index is 1.72. The van der Waals surface area contributed by atoms with Crippen molar-refractivity contribution in [3.63, 3.8) is 0 Å². The van der Waals surface area contributed by atoms with Crippen LogP contribution in [0.15, 0.2) is 18.2 Å². The van der Waals surface area contributed by atoms with Crippen molar-refractivity contribution in [3.8, 4) is 11.5 Å². The number of nitrogens with zero attached hydrogens (tertiary/aromatic N) is 1. The summed E-state index contributed by atoms with van der Waals surface area (Å²) in [5.41, 5.74) is -0.562. The molecule has 3 N–H and O–H groups in total. The smallest absolute Gasteiger partial charge is 0.257 e. The van der Waals surface area contributed by atoms with Gasteiger partial charge in [0.15, 0.2) is 0 Å². The summed E-state index contributed by atoms with van der Waals surface area (Å²) in [6, 6.07) is 3.89. The third kappa shape index (κ3) is 1.71. The van der Waals surface area contributed by atoms with E-state index < -0.39 is 5.60 Å². The predicted molar refractivity (Wildman–Crippen MR) is 63.3 cm³/mol. The number of carbonyl (C=O) groups is 1. The maximum atomic E-state index is 12.1. The second kappa shape index (κ2) is 3.62. The fraction of sp³-hybridized carbons (Fsp3) is 0.462. The van der Waals surface area contributed by atoms with Crippen LogP contribution in [-0.4, -0.2) is 44.8 Å². The molecule has 0 atom stereocenters. The van der Waals surface area contributed by atoms with Crippen LogP contribution in [0.2, 0.25) is 0 Å². The molecule has 0 bridgehead atoms. The van der Waals surface area contributed by atoms with Gasteiger partial charge in [-0.1, -0.05) is 0 Å². The predicted octanol–water partition coefficient (Wildman–Crippen LogP) is 0.695. The van der Waals surface area contributed by atoms with Crippen LogP contribution in [0.5, 0.6) is 11.5 Å². The minimum absolute atomic E-state index is 0.0813. The first-order valence-electron chi connectivity index (χ1n) is 6.03. The Kier molecular flexibility index (Phi) is 2.28. The average molecular weight is 249 g/mol. The Hall–Kier alpha value is -1.75. The molecule has 96 valence electrons. The first kappa shape index (κ1) is 11.3. The van der Waals surface area contributed by atoms with Crippen molar-refractivity contribution in [2.45, 2.75) is 18.4 Å². The molecule has 18 heavy (non-hydrogen) atoms. The van der Waals surface area contributed by atoms with Crippen LogP contribution in [-0.2, 0) is 0 Å². The first-order chi connectivity index (χ1) is 8.49. The maximum Gasteiger partial charge on any atom is 0.257 e. The summed E-state index contributed by atoms with van der Waals surface area (Å²) < 4.78 is 0. The number of rotatable bonds is 2. The topological polar surface area (TPSA) is 81.0 Å². The van der Waals surface area contributed by atoms with Gasteiger partial charge in [0.1, 0.15) is 17.1 Å². The van der Waals surface area contributed by atoms with Gasteiger partial charge >= 0.3 is 0 Å². The van der Waals surface area contributed by atoms with E-state index in [1.54, 1.807) is 0 Å². The van der Waals surface area contributed by atoms with Gasteiger partial charge in [0, 0.05) is 6.07 Å². The van der Waals surface area contributed by atoms with E-state index in [9.17, 15) is 15.0 Å². The maximum absolute atomic E-state index is 12.1.